The second-order valence-corrected chi connectivity index (χ2v) is 6.84. The lowest BCUT2D eigenvalue weighted by atomic mass is 10.1. The third kappa shape index (κ3) is 3.83. The Labute approximate surface area is 159 Å². The maximum absolute atomic E-state index is 12.7. The van der Waals surface area contributed by atoms with Crippen LogP contribution in [0.3, 0.4) is 0 Å². The summed E-state index contributed by atoms with van der Waals surface area (Å²) in [4.78, 5) is 14.0. The highest BCUT2D eigenvalue weighted by atomic mass is 35.5. The fraction of sp³-hybridized carbons (Fsp3) is 0.316. The molecule has 27 heavy (non-hydrogen) atoms. The molecule has 0 saturated carbocycles. The highest BCUT2D eigenvalue weighted by molar-refractivity contribution is 6.32. The van der Waals surface area contributed by atoms with Gasteiger partial charge in [-0.15, -0.1) is 0 Å². The molecule has 0 aliphatic carbocycles. The number of rotatable bonds is 3. The van der Waals surface area contributed by atoms with Crippen LogP contribution in [0.4, 0.5) is 18.9 Å². The molecule has 0 radical (unpaired) electrons. The van der Waals surface area contributed by atoms with E-state index in [1.807, 2.05) is 13.8 Å². The number of anilines is 1. The SMILES string of the molecule is CC1Oc2cc(Oc3ccc(C(F)(F)F)cc3Cl)ccc2N(C(C)C)C1=O. The smallest absolute Gasteiger partial charge is 0.416 e. The standard InChI is InChI=1S/C19H17ClF3NO3/c1-10(2)24-15-6-5-13(9-17(15)26-11(3)18(24)25)27-16-7-4-12(8-14(16)20)19(21,22)23/h4-11H,1-3H3. The molecule has 1 aliphatic heterocycles. The van der Waals surface area contributed by atoms with E-state index in [1.54, 1.807) is 30.0 Å². The van der Waals surface area contributed by atoms with E-state index in [9.17, 15) is 18.0 Å². The third-order valence-corrected chi connectivity index (χ3v) is 4.38. The fourth-order valence-corrected chi connectivity index (χ4v) is 3.05. The van der Waals surface area contributed by atoms with Crippen LogP contribution in [0.15, 0.2) is 36.4 Å². The van der Waals surface area contributed by atoms with Gasteiger partial charge in [-0.2, -0.15) is 13.2 Å². The predicted octanol–water partition coefficient (Wildman–Crippen LogP) is 5.67. The van der Waals surface area contributed by atoms with Gasteiger partial charge in [0, 0.05) is 12.1 Å². The minimum absolute atomic E-state index is 0.0567. The van der Waals surface area contributed by atoms with E-state index in [2.05, 4.69) is 0 Å². The average Bonchev–Trinajstić information content (AvgIpc) is 2.56. The number of ether oxygens (including phenoxy) is 2. The minimum atomic E-state index is -4.48. The topological polar surface area (TPSA) is 38.8 Å². The van der Waals surface area contributed by atoms with Crippen LogP contribution in [0.25, 0.3) is 0 Å². The summed E-state index contributed by atoms with van der Waals surface area (Å²) in [6.45, 7) is 5.44. The molecule has 0 aromatic heterocycles. The minimum Gasteiger partial charge on any atom is -0.479 e. The quantitative estimate of drug-likeness (QED) is 0.667. The van der Waals surface area contributed by atoms with Gasteiger partial charge in [0.05, 0.1) is 16.3 Å². The second kappa shape index (κ2) is 6.96. The summed E-state index contributed by atoms with van der Waals surface area (Å²) < 4.78 is 49.5. The van der Waals surface area contributed by atoms with E-state index in [0.717, 1.165) is 18.2 Å². The van der Waals surface area contributed by atoms with Gasteiger partial charge in [0.15, 0.2) is 6.10 Å². The molecule has 2 aromatic rings. The number of hydrogen-bond acceptors (Lipinski definition) is 3. The first kappa shape index (κ1) is 19.4. The van der Waals surface area contributed by atoms with Crippen LogP contribution in [0.2, 0.25) is 5.02 Å². The molecule has 1 heterocycles. The van der Waals surface area contributed by atoms with Gasteiger partial charge in [-0.25, -0.2) is 0 Å². The van der Waals surface area contributed by atoms with E-state index in [0.29, 0.717) is 17.2 Å². The van der Waals surface area contributed by atoms with Crippen LogP contribution in [0.5, 0.6) is 17.2 Å². The average molecular weight is 400 g/mol. The van der Waals surface area contributed by atoms with Crippen LogP contribution in [0.1, 0.15) is 26.3 Å². The number of fused-ring (bicyclic) bond motifs is 1. The predicted molar refractivity (Wildman–Crippen MR) is 95.7 cm³/mol. The number of carbonyl (C=O) groups is 1. The number of carbonyl (C=O) groups excluding carboxylic acids is 1. The van der Waals surface area contributed by atoms with E-state index < -0.39 is 17.8 Å². The Bertz CT molecular complexity index is 883. The van der Waals surface area contributed by atoms with E-state index in [4.69, 9.17) is 21.1 Å². The van der Waals surface area contributed by atoms with Crippen LogP contribution in [-0.2, 0) is 11.0 Å². The first-order valence-corrected chi connectivity index (χ1v) is 8.64. The molecule has 0 saturated heterocycles. The van der Waals surface area contributed by atoms with Crippen LogP contribution in [-0.4, -0.2) is 18.1 Å². The molecule has 4 nitrogen and oxygen atoms in total. The zero-order valence-corrected chi connectivity index (χ0v) is 15.6. The fourth-order valence-electron chi connectivity index (χ4n) is 2.83. The number of alkyl halides is 3. The lowest BCUT2D eigenvalue weighted by molar-refractivity contribution is -0.137. The molecule has 1 amide bonds. The maximum atomic E-state index is 12.7. The van der Waals surface area contributed by atoms with Crippen molar-refractivity contribution >= 4 is 23.2 Å². The van der Waals surface area contributed by atoms with Crippen molar-refractivity contribution in [1.82, 2.24) is 0 Å². The van der Waals surface area contributed by atoms with Crippen molar-refractivity contribution in [2.24, 2.45) is 0 Å². The molecule has 0 spiro atoms. The molecule has 144 valence electrons. The molecule has 0 N–H and O–H groups in total. The Morgan fingerprint density at radius 2 is 1.89 bits per heavy atom. The highest BCUT2D eigenvalue weighted by Crippen LogP contribution is 2.41. The van der Waals surface area contributed by atoms with E-state index in [1.165, 1.54) is 0 Å². The summed E-state index contributed by atoms with van der Waals surface area (Å²) in [6.07, 6.45) is -5.13. The van der Waals surface area contributed by atoms with Crippen molar-refractivity contribution in [3.63, 3.8) is 0 Å². The maximum Gasteiger partial charge on any atom is 0.416 e. The van der Waals surface area contributed by atoms with Gasteiger partial charge in [-0.1, -0.05) is 11.6 Å². The summed E-state index contributed by atoms with van der Waals surface area (Å²) in [5, 5.41) is -0.157. The van der Waals surface area contributed by atoms with Gasteiger partial charge in [0.2, 0.25) is 0 Å². The normalized spacial score (nSPS) is 17.0. The van der Waals surface area contributed by atoms with Gasteiger partial charge < -0.3 is 14.4 Å². The Hall–Kier alpha value is -2.41. The van der Waals surface area contributed by atoms with Crippen molar-refractivity contribution in [2.45, 2.75) is 39.1 Å². The van der Waals surface area contributed by atoms with Gasteiger partial charge in [0.1, 0.15) is 17.2 Å². The van der Waals surface area contributed by atoms with Crippen molar-refractivity contribution in [3.05, 3.63) is 47.0 Å². The van der Waals surface area contributed by atoms with Crippen molar-refractivity contribution in [2.75, 3.05) is 4.90 Å². The monoisotopic (exact) mass is 399 g/mol. The summed E-state index contributed by atoms with van der Waals surface area (Å²) in [6, 6.07) is 7.68. The molecule has 0 bridgehead atoms. The molecule has 2 aromatic carbocycles. The lowest BCUT2D eigenvalue weighted by Gasteiger charge is -2.35. The van der Waals surface area contributed by atoms with Crippen molar-refractivity contribution in [1.29, 1.82) is 0 Å². The summed E-state index contributed by atoms with van der Waals surface area (Å²) in [7, 11) is 0. The second-order valence-electron chi connectivity index (χ2n) is 6.44. The molecular weight excluding hydrogens is 383 g/mol. The van der Waals surface area contributed by atoms with E-state index in [-0.39, 0.29) is 22.7 Å². The van der Waals surface area contributed by atoms with Gasteiger partial charge in [-0.3, -0.25) is 4.79 Å². The van der Waals surface area contributed by atoms with Gasteiger partial charge in [0.25, 0.3) is 5.91 Å². The molecular formula is C19H17ClF3NO3. The third-order valence-electron chi connectivity index (χ3n) is 4.08. The molecule has 1 aliphatic rings. The molecule has 1 unspecified atom stereocenters. The number of halogens is 4. The molecule has 8 heteroatoms. The number of nitrogens with zero attached hydrogens (tertiary/aromatic N) is 1. The zero-order chi connectivity index (χ0) is 19.9. The number of hydrogen-bond donors (Lipinski definition) is 0. The summed E-state index contributed by atoms with van der Waals surface area (Å²) >= 11 is 5.93. The Morgan fingerprint density at radius 3 is 2.48 bits per heavy atom. The largest absolute Gasteiger partial charge is 0.479 e. The first-order valence-electron chi connectivity index (χ1n) is 8.26. The molecule has 3 rings (SSSR count). The van der Waals surface area contributed by atoms with Gasteiger partial charge >= 0.3 is 6.18 Å². The molecule has 1 atom stereocenters. The number of benzene rings is 2. The van der Waals surface area contributed by atoms with Gasteiger partial charge in [-0.05, 0) is 51.1 Å². The first-order chi connectivity index (χ1) is 12.6. The summed E-state index contributed by atoms with van der Waals surface area (Å²) in [5.74, 6) is 0.735. The summed E-state index contributed by atoms with van der Waals surface area (Å²) in [5.41, 5.74) is -0.243. The Kier molecular flexibility index (Phi) is 4.99. The zero-order valence-electron chi connectivity index (χ0n) is 14.8. The number of amides is 1. The lowest BCUT2D eigenvalue weighted by Crippen LogP contribution is -2.47. The molecule has 0 fully saturated rings. The van der Waals surface area contributed by atoms with Crippen LogP contribution < -0.4 is 14.4 Å². The van der Waals surface area contributed by atoms with E-state index >= 15 is 0 Å². The highest BCUT2D eigenvalue weighted by Gasteiger charge is 2.34. The van der Waals surface area contributed by atoms with Crippen LogP contribution in [0, 0.1) is 0 Å². The Morgan fingerprint density at radius 1 is 1.19 bits per heavy atom. The van der Waals surface area contributed by atoms with Crippen molar-refractivity contribution in [3.8, 4) is 17.2 Å². The van der Waals surface area contributed by atoms with Crippen molar-refractivity contribution < 1.29 is 27.4 Å². The van der Waals surface area contributed by atoms with Crippen LogP contribution >= 0.6 is 11.6 Å². The Balaban J connectivity index is 1.90.